The zero-order valence-electron chi connectivity index (χ0n) is 5.73. The first kappa shape index (κ1) is 5.96. The van der Waals surface area contributed by atoms with Gasteiger partial charge in [0.15, 0.2) is 0 Å². The van der Waals surface area contributed by atoms with Gasteiger partial charge < -0.3 is 10.7 Å². The summed E-state index contributed by atoms with van der Waals surface area (Å²) in [4.78, 5) is 10.8. The summed E-state index contributed by atoms with van der Waals surface area (Å²) in [6.07, 6.45) is 6.76. The van der Waals surface area contributed by atoms with Crippen LogP contribution in [0.5, 0.6) is 0 Å². The van der Waals surface area contributed by atoms with Gasteiger partial charge in [-0.25, -0.2) is 9.97 Å². The molecule has 0 atom stereocenters. The fourth-order valence-electron chi connectivity index (χ4n) is 0.883. The molecule has 11 heavy (non-hydrogen) atoms. The molecule has 0 unspecified atom stereocenters. The standard InChI is InChI=1S/C6H7N5/c7-5-8-3-4-11(5)6-9-1-2-10-6/h1-4H,(H2,7,8)(H,9,10). The summed E-state index contributed by atoms with van der Waals surface area (Å²) in [5.41, 5.74) is 5.52. The van der Waals surface area contributed by atoms with Crippen LogP contribution >= 0.6 is 0 Å². The van der Waals surface area contributed by atoms with Gasteiger partial charge in [0.05, 0.1) is 0 Å². The van der Waals surface area contributed by atoms with Crippen molar-refractivity contribution in [2.75, 3.05) is 5.73 Å². The first-order valence-corrected chi connectivity index (χ1v) is 3.16. The number of H-pyrrole nitrogens is 1. The molecule has 0 aliphatic heterocycles. The van der Waals surface area contributed by atoms with Gasteiger partial charge in [-0.05, 0) is 0 Å². The van der Waals surface area contributed by atoms with E-state index in [4.69, 9.17) is 5.73 Å². The molecule has 2 aromatic rings. The Hall–Kier alpha value is -1.78. The fourth-order valence-corrected chi connectivity index (χ4v) is 0.883. The van der Waals surface area contributed by atoms with Crippen LogP contribution in [0.15, 0.2) is 24.8 Å². The van der Waals surface area contributed by atoms with Crippen LogP contribution in [0.3, 0.4) is 0 Å². The molecule has 0 fully saturated rings. The Labute approximate surface area is 62.9 Å². The molecule has 3 N–H and O–H groups in total. The number of rotatable bonds is 1. The zero-order valence-corrected chi connectivity index (χ0v) is 5.73. The van der Waals surface area contributed by atoms with Crippen molar-refractivity contribution in [2.45, 2.75) is 0 Å². The molecule has 0 aliphatic carbocycles. The smallest absolute Gasteiger partial charge is 0.213 e. The summed E-state index contributed by atoms with van der Waals surface area (Å²) in [6, 6.07) is 0. The molecule has 0 radical (unpaired) electrons. The van der Waals surface area contributed by atoms with E-state index in [-0.39, 0.29) is 0 Å². The second-order valence-electron chi connectivity index (χ2n) is 2.07. The molecule has 56 valence electrons. The molecule has 0 bridgehead atoms. The maximum atomic E-state index is 5.52. The zero-order chi connectivity index (χ0) is 7.68. The van der Waals surface area contributed by atoms with Gasteiger partial charge in [0.2, 0.25) is 11.9 Å². The van der Waals surface area contributed by atoms with Gasteiger partial charge >= 0.3 is 0 Å². The van der Waals surface area contributed by atoms with Crippen LogP contribution in [0.25, 0.3) is 5.95 Å². The highest BCUT2D eigenvalue weighted by atomic mass is 15.2. The average Bonchev–Trinajstić information content (AvgIpc) is 2.55. The monoisotopic (exact) mass is 149 g/mol. The van der Waals surface area contributed by atoms with E-state index in [9.17, 15) is 0 Å². The van der Waals surface area contributed by atoms with Gasteiger partial charge in [0, 0.05) is 24.8 Å². The van der Waals surface area contributed by atoms with Crippen molar-refractivity contribution < 1.29 is 0 Å². The van der Waals surface area contributed by atoms with Crippen LogP contribution in [0.1, 0.15) is 0 Å². The lowest BCUT2D eigenvalue weighted by molar-refractivity contribution is 0.974. The maximum absolute atomic E-state index is 5.52. The third-order valence-electron chi connectivity index (χ3n) is 1.38. The van der Waals surface area contributed by atoms with E-state index in [0.717, 1.165) is 0 Å². The number of aromatic amines is 1. The first-order valence-electron chi connectivity index (χ1n) is 3.16. The predicted octanol–water partition coefficient (Wildman–Crippen LogP) is 0.178. The summed E-state index contributed by atoms with van der Waals surface area (Å²) in [5, 5.41) is 0. The molecule has 0 spiro atoms. The Morgan fingerprint density at radius 3 is 2.82 bits per heavy atom. The lowest BCUT2D eigenvalue weighted by atomic mass is 10.8. The first-order chi connectivity index (χ1) is 5.38. The third-order valence-corrected chi connectivity index (χ3v) is 1.38. The second kappa shape index (κ2) is 2.12. The van der Waals surface area contributed by atoms with Gasteiger partial charge in [0.25, 0.3) is 0 Å². The van der Waals surface area contributed by atoms with Gasteiger partial charge in [-0.2, -0.15) is 0 Å². The van der Waals surface area contributed by atoms with E-state index >= 15 is 0 Å². The molecule has 0 aromatic carbocycles. The Balaban J connectivity index is 2.53. The number of hydrogen-bond donors (Lipinski definition) is 2. The number of nitrogens with one attached hydrogen (secondary N) is 1. The van der Waals surface area contributed by atoms with E-state index in [1.807, 2.05) is 0 Å². The van der Waals surface area contributed by atoms with Crippen LogP contribution in [0.4, 0.5) is 5.95 Å². The largest absolute Gasteiger partial charge is 0.369 e. The van der Waals surface area contributed by atoms with Crippen LogP contribution in [-0.2, 0) is 0 Å². The summed E-state index contributed by atoms with van der Waals surface area (Å²) >= 11 is 0. The summed E-state index contributed by atoms with van der Waals surface area (Å²) in [7, 11) is 0. The van der Waals surface area contributed by atoms with Gasteiger partial charge in [0.1, 0.15) is 0 Å². The van der Waals surface area contributed by atoms with Crippen molar-refractivity contribution in [3.05, 3.63) is 24.8 Å². The highest BCUT2D eigenvalue weighted by molar-refractivity contribution is 5.27. The normalized spacial score (nSPS) is 10.2. The maximum Gasteiger partial charge on any atom is 0.213 e. The second-order valence-corrected chi connectivity index (χ2v) is 2.07. The van der Waals surface area contributed by atoms with Crippen LogP contribution < -0.4 is 5.73 Å². The van der Waals surface area contributed by atoms with Crippen molar-refractivity contribution in [3.8, 4) is 5.95 Å². The van der Waals surface area contributed by atoms with Gasteiger partial charge in [-0.3, -0.25) is 4.57 Å². The molecule has 0 saturated carbocycles. The van der Waals surface area contributed by atoms with Gasteiger partial charge in [-0.1, -0.05) is 0 Å². The van der Waals surface area contributed by atoms with Crippen LogP contribution in [-0.4, -0.2) is 19.5 Å². The van der Waals surface area contributed by atoms with Crippen molar-refractivity contribution in [1.29, 1.82) is 0 Å². The molecule has 2 rings (SSSR count). The van der Waals surface area contributed by atoms with Crippen LogP contribution in [0, 0.1) is 0 Å². The van der Waals surface area contributed by atoms with E-state index in [0.29, 0.717) is 11.9 Å². The summed E-state index contributed by atoms with van der Waals surface area (Å²) < 4.78 is 1.67. The van der Waals surface area contributed by atoms with Crippen molar-refractivity contribution >= 4 is 5.95 Å². The number of hydrogen-bond acceptors (Lipinski definition) is 3. The molecule has 5 nitrogen and oxygen atoms in total. The molecule has 2 heterocycles. The number of imidazole rings is 2. The minimum atomic E-state index is 0.431. The fraction of sp³-hybridized carbons (Fsp3) is 0. The Bertz CT molecular complexity index is 333. The third kappa shape index (κ3) is 0.861. The van der Waals surface area contributed by atoms with Crippen molar-refractivity contribution in [3.63, 3.8) is 0 Å². The molecule has 2 aromatic heterocycles. The van der Waals surface area contributed by atoms with Gasteiger partial charge in [-0.15, -0.1) is 0 Å². The SMILES string of the molecule is Nc1nccn1-c1ncc[nH]1. The number of nitrogen functional groups attached to an aromatic ring is 1. The average molecular weight is 149 g/mol. The Morgan fingerprint density at radius 1 is 1.36 bits per heavy atom. The number of nitrogens with two attached hydrogens (primary N) is 1. The van der Waals surface area contributed by atoms with E-state index in [2.05, 4.69) is 15.0 Å². The van der Waals surface area contributed by atoms with Crippen LogP contribution in [0.2, 0.25) is 0 Å². The predicted molar refractivity (Wildman–Crippen MR) is 40.1 cm³/mol. The highest BCUT2D eigenvalue weighted by Crippen LogP contribution is 2.04. The Morgan fingerprint density at radius 2 is 2.27 bits per heavy atom. The van der Waals surface area contributed by atoms with E-state index < -0.39 is 0 Å². The molecule has 0 amide bonds. The summed E-state index contributed by atoms with van der Waals surface area (Å²) in [6.45, 7) is 0. The highest BCUT2D eigenvalue weighted by Gasteiger charge is 2.00. The number of aromatic nitrogens is 4. The molecular formula is C6H7N5. The minimum absolute atomic E-state index is 0.431. The quantitative estimate of drug-likeness (QED) is 0.607. The molecular weight excluding hydrogens is 142 g/mol. The number of anilines is 1. The van der Waals surface area contributed by atoms with E-state index in [1.54, 1.807) is 29.4 Å². The molecule has 0 saturated heterocycles. The molecule has 5 heteroatoms. The van der Waals surface area contributed by atoms with Crippen molar-refractivity contribution in [1.82, 2.24) is 19.5 Å². The Kier molecular flexibility index (Phi) is 1.15. The van der Waals surface area contributed by atoms with E-state index in [1.165, 1.54) is 0 Å². The lowest BCUT2D eigenvalue weighted by Gasteiger charge is -1.96. The topological polar surface area (TPSA) is 72.5 Å². The number of nitrogens with zero attached hydrogens (tertiary/aromatic N) is 3. The summed E-state index contributed by atoms with van der Waals surface area (Å²) in [5.74, 6) is 1.11. The lowest BCUT2D eigenvalue weighted by Crippen LogP contribution is -2.00. The molecule has 0 aliphatic rings. The minimum Gasteiger partial charge on any atom is -0.369 e. The van der Waals surface area contributed by atoms with Crippen molar-refractivity contribution in [2.24, 2.45) is 0 Å².